The number of benzene rings is 1. The van der Waals surface area contributed by atoms with Crippen molar-refractivity contribution in [3.05, 3.63) is 34.9 Å². The van der Waals surface area contributed by atoms with Crippen molar-refractivity contribution in [2.45, 2.75) is 13.5 Å². The van der Waals surface area contributed by atoms with Crippen LogP contribution in [0, 0.1) is 0 Å². The maximum atomic E-state index is 6.13. The van der Waals surface area contributed by atoms with E-state index in [0.29, 0.717) is 0 Å². The van der Waals surface area contributed by atoms with Gasteiger partial charge in [-0.3, -0.25) is 0 Å². The molecule has 0 heterocycles. The van der Waals surface area contributed by atoms with E-state index in [4.69, 9.17) is 16.3 Å². The van der Waals surface area contributed by atoms with Crippen molar-refractivity contribution in [1.29, 1.82) is 0 Å². The van der Waals surface area contributed by atoms with Crippen molar-refractivity contribution in [3.8, 4) is 0 Å². The molecule has 102 valence electrons. The number of halogens is 1. The lowest BCUT2D eigenvalue weighted by Crippen LogP contribution is -2.30. The van der Waals surface area contributed by atoms with Crippen LogP contribution in [0.15, 0.2) is 24.3 Å². The van der Waals surface area contributed by atoms with E-state index in [-0.39, 0.29) is 0 Å². The molecule has 1 rings (SSSR count). The molecule has 3 nitrogen and oxygen atoms in total. The van der Waals surface area contributed by atoms with Gasteiger partial charge in [0.2, 0.25) is 0 Å². The van der Waals surface area contributed by atoms with Crippen molar-refractivity contribution in [2.24, 2.45) is 0 Å². The number of hydrogen-bond acceptors (Lipinski definition) is 3. The van der Waals surface area contributed by atoms with Gasteiger partial charge in [0, 0.05) is 37.8 Å². The molecule has 0 aliphatic rings. The fraction of sp³-hybridized carbons (Fsp3) is 0.571. The fourth-order valence-corrected chi connectivity index (χ4v) is 1.88. The van der Waals surface area contributed by atoms with Crippen LogP contribution in [-0.4, -0.2) is 44.8 Å². The van der Waals surface area contributed by atoms with Crippen molar-refractivity contribution in [2.75, 3.05) is 39.9 Å². The monoisotopic (exact) mass is 270 g/mol. The second-order valence-electron chi connectivity index (χ2n) is 4.28. The number of hydrogen-bond donors (Lipinski definition) is 1. The van der Waals surface area contributed by atoms with Crippen LogP contribution < -0.4 is 5.32 Å². The SMILES string of the molecule is CCOCCNCCN(C)Cc1ccccc1Cl. The highest BCUT2D eigenvalue weighted by Gasteiger charge is 2.03. The quantitative estimate of drug-likeness (QED) is 0.698. The molecule has 0 aromatic heterocycles. The Kier molecular flexibility index (Phi) is 8.01. The maximum Gasteiger partial charge on any atom is 0.0590 e. The van der Waals surface area contributed by atoms with Gasteiger partial charge in [0.05, 0.1) is 6.61 Å². The lowest BCUT2D eigenvalue weighted by molar-refractivity contribution is 0.148. The van der Waals surface area contributed by atoms with E-state index in [2.05, 4.69) is 23.3 Å². The predicted octanol–water partition coefficient (Wildman–Crippen LogP) is 2.40. The molecule has 0 unspecified atom stereocenters. The van der Waals surface area contributed by atoms with Crippen molar-refractivity contribution in [1.82, 2.24) is 10.2 Å². The second kappa shape index (κ2) is 9.34. The molecular weight excluding hydrogens is 248 g/mol. The normalized spacial score (nSPS) is 11.1. The molecule has 1 aromatic rings. The Morgan fingerprint density at radius 2 is 2.06 bits per heavy atom. The van der Waals surface area contributed by atoms with Crippen LogP contribution in [0.4, 0.5) is 0 Å². The Bertz CT molecular complexity index is 333. The highest BCUT2D eigenvalue weighted by atomic mass is 35.5. The summed E-state index contributed by atoms with van der Waals surface area (Å²) in [5.41, 5.74) is 1.18. The Morgan fingerprint density at radius 3 is 2.78 bits per heavy atom. The summed E-state index contributed by atoms with van der Waals surface area (Å²) < 4.78 is 5.26. The molecular formula is C14H23ClN2O. The van der Waals surface area contributed by atoms with Crippen LogP contribution in [0.2, 0.25) is 5.02 Å². The van der Waals surface area contributed by atoms with Gasteiger partial charge in [0.1, 0.15) is 0 Å². The number of rotatable bonds is 9. The third-order valence-electron chi connectivity index (χ3n) is 2.70. The molecule has 4 heteroatoms. The van der Waals surface area contributed by atoms with Gasteiger partial charge in [0.15, 0.2) is 0 Å². The molecule has 0 saturated carbocycles. The van der Waals surface area contributed by atoms with E-state index in [1.807, 2.05) is 25.1 Å². The van der Waals surface area contributed by atoms with E-state index in [1.165, 1.54) is 5.56 Å². The minimum Gasteiger partial charge on any atom is -0.380 e. The zero-order valence-corrected chi connectivity index (χ0v) is 12.0. The molecule has 0 spiro atoms. The van der Waals surface area contributed by atoms with Crippen molar-refractivity contribution < 1.29 is 4.74 Å². The molecule has 0 aliphatic heterocycles. The second-order valence-corrected chi connectivity index (χ2v) is 4.68. The smallest absolute Gasteiger partial charge is 0.0590 e. The summed E-state index contributed by atoms with van der Waals surface area (Å²) in [5.74, 6) is 0. The Labute approximate surface area is 115 Å². The minimum atomic E-state index is 0.782. The van der Waals surface area contributed by atoms with Crippen LogP contribution in [0.3, 0.4) is 0 Å². The first-order valence-corrected chi connectivity index (χ1v) is 6.82. The zero-order valence-electron chi connectivity index (χ0n) is 11.3. The third-order valence-corrected chi connectivity index (χ3v) is 3.06. The number of nitrogens with zero attached hydrogens (tertiary/aromatic N) is 1. The summed E-state index contributed by atoms with van der Waals surface area (Å²) in [6.45, 7) is 7.34. The lowest BCUT2D eigenvalue weighted by Gasteiger charge is -2.17. The molecule has 0 radical (unpaired) electrons. The highest BCUT2D eigenvalue weighted by Crippen LogP contribution is 2.15. The van der Waals surface area contributed by atoms with Crippen molar-refractivity contribution in [3.63, 3.8) is 0 Å². The van der Waals surface area contributed by atoms with Crippen LogP contribution in [0.25, 0.3) is 0 Å². The summed E-state index contributed by atoms with van der Waals surface area (Å²) in [6, 6.07) is 7.99. The van der Waals surface area contributed by atoms with Gasteiger partial charge >= 0.3 is 0 Å². The van der Waals surface area contributed by atoms with Gasteiger partial charge in [-0.25, -0.2) is 0 Å². The molecule has 0 fully saturated rings. The van der Waals surface area contributed by atoms with Gasteiger partial charge in [-0.15, -0.1) is 0 Å². The van der Waals surface area contributed by atoms with Gasteiger partial charge in [-0.05, 0) is 25.6 Å². The number of nitrogens with one attached hydrogen (secondary N) is 1. The molecule has 1 N–H and O–H groups in total. The summed E-state index contributed by atoms with van der Waals surface area (Å²) in [5, 5.41) is 4.19. The average Bonchev–Trinajstić information content (AvgIpc) is 2.36. The minimum absolute atomic E-state index is 0.782. The van der Waals surface area contributed by atoms with Crippen molar-refractivity contribution >= 4 is 11.6 Å². The first-order chi connectivity index (χ1) is 8.74. The molecule has 0 atom stereocenters. The van der Waals surface area contributed by atoms with E-state index in [9.17, 15) is 0 Å². The van der Waals surface area contributed by atoms with Crippen LogP contribution in [0.1, 0.15) is 12.5 Å². The molecule has 1 aromatic carbocycles. The summed E-state index contributed by atoms with van der Waals surface area (Å²) >= 11 is 6.13. The molecule has 18 heavy (non-hydrogen) atoms. The highest BCUT2D eigenvalue weighted by molar-refractivity contribution is 6.31. The van der Waals surface area contributed by atoms with Gasteiger partial charge in [0.25, 0.3) is 0 Å². The molecule has 0 aliphatic carbocycles. The maximum absolute atomic E-state index is 6.13. The van der Waals surface area contributed by atoms with Crippen LogP contribution in [-0.2, 0) is 11.3 Å². The Hall–Kier alpha value is -0.610. The van der Waals surface area contributed by atoms with E-state index in [0.717, 1.165) is 44.4 Å². The lowest BCUT2D eigenvalue weighted by atomic mass is 10.2. The standard InChI is InChI=1S/C14H23ClN2O/c1-3-18-11-9-16-8-10-17(2)12-13-6-4-5-7-14(13)15/h4-7,16H,3,8-12H2,1-2H3. The third kappa shape index (κ3) is 6.36. The topological polar surface area (TPSA) is 24.5 Å². The molecule has 0 amide bonds. The average molecular weight is 271 g/mol. The first-order valence-electron chi connectivity index (χ1n) is 6.44. The fourth-order valence-electron chi connectivity index (χ4n) is 1.68. The summed E-state index contributed by atoms with van der Waals surface area (Å²) in [7, 11) is 2.10. The van der Waals surface area contributed by atoms with E-state index >= 15 is 0 Å². The first kappa shape index (κ1) is 15.4. The molecule has 0 bridgehead atoms. The van der Waals surface area contributed by atoms with E-state index in [1.54, 1.807) is 0 Å². The predicted molar refractivity (Wildman–Crippen MR) is 77.1 cm³/mol. The number of likely N-dealkylation sites (N-methyl/N-ethyl adjacent to an activating group) is 1. The largest absolute Gasteiger partial charge is 0.380 e. The Morgan fingerprint density at radius 1 is 1.28 bits per heavy atom. The van der Waals surface area contributed by atoms with E-state index < -0.39 is 0 Å². The van der Waals surface area contributed by atoms with Crippen LogP contribution in [0.5, 0.6) is 0 Å². The summed E-state index contributed by atoms with van der Waals surface area (Å²) in [4.78, 5) is 2.26. The van der Waals surface area contributed by atoms with Gasteiger partial charge in [-0.2, -0.15) is 0 Å². The Balaban J connectivity index is 2.14. The van der Waals surface area contributed by atoms with Gasteiger partial charge < -0.3 is 15.0 Å². The zero-order chi connectivity index (χ0) is 13.2. The van der Waals surface area contributed by atoms with Crippen LogP contribution >= 0.6 is 11.6 Å². The molecule has 0 saturated heterocycles. The summed E-state index contributed by atoms with van der Waals surface area (Å²) in [6.07, 6.45) is 0. The van der Waals surface area contributed by atoms with Gasteiger partial charge in [-0.1, -0.05) is 29.8 Å². The number of ether oxygens (including phenoxy) is 1.